The molecule has 0 atom stereocenters. The molecule has 0 aliphatic rings. The molecule has 0 radical (unpaired) electrons. The zero-order valence-electron chi connectivity index (χ0n) is 3.43. The minimum absolute atomic E-state index is 0. The third-order valence-electron chi connectivity index (χ3n) is 0.152. The van der Waals surface area contributed by atoms with Crippen molar-refractivity contribution in [3.63, 3.8) is 0 Å². The smallest absolute Gasteiger partial charge is 0.123 e. The Labute approximate surface area is 85.9 Å². The van der Waals surface area contributed by atoms with Gasteiger partial charge in [0.15, 0.2) is 0 Å². The molecule has 0 amide bonds. The van der Waals surface area contributed by atoms with E-state index in [1.807, 2.05) is 0 Å². The van der Waals surface area contributed by atoms with Crippen molar-refractivity contribution in [2.45, 2.75) is 2.14 Å². The topological polar surface area (TPSA) is 0 Å². The first-order valence-electron chi connectivity index (χ1n) is 1.19. The molecule has 0 unspecified atom stereocenters. The van der Waals surface area contributed by atoms with Crippen molar-refractivity contribution in [3.05, 3.63) is 0 Å². The molecule has 0 aromatic heterocycles. The van der Waals surface area contributed by atoms with Crippen LogP contribution in [0, 0.1) is 0 Å². The first-order valence-corrected chi connectivity index (χ1v) is 4.10. The number of hydrogen-bond acceptors (Lipinski definition) is 0. The fourth-order valence-electron chi connectivity index (χ4n) is 0. The predicted octanol–water partition coefficient (Wildman–Crippen LogP) is 3.06. The SMILES string of the molecule is ClCC(Br)(Br)Br.[Zn]. The van der Waals surface area contributed by atoms with Crippen LogP contribution in [-0.2, 0) is 19.5 Å². The Bertz CT molecular complexity index is 42.7. The fraction of sp³-hybridized carbons (Fsp3) is 1.00. The molecule has 0 aliphatic heterocycles. The van der Waals surface area contributed by atoms with Gasteiger partial charge in [0.25, 0.3) is 0 Å². The van der Waals surface area contributed by atoms with E-state index in [-0.39, 0.29) is 21.6 Å². The summed E-state index contributed by atoms with van der Waals surface area (Å²) >= 11 is 14.9. The van der Waals surface area contributed by atoms with Crippen molar-refractivity contribution >= 4 is 59.4 Å². The molecule has 0 bridgehead atoms. The molecule has 40 valence electrons. The summed E-state index contributed by atoms with van der Waals surface area (Å²) in [5.74, 6) is 0.493. The molecular formula is C2H2Br3ClZn. The maximum absolute atomic E-state index is 5.34. The van der Waals surface area contributed by atoms with Crippen molar-refractivity contribution in [1.82, 2.24) is 0 Å². The largest absolute Gasteiger partial charge is 0.148 e. The second-order valence-electron chi connectivity index (χ2n) is 0.749. The average Bonchev–Trinajstić information content (AvgIpc) is 1.35. The Morgan fingerprint density at radius 1 is 1.29 bits per heavy atom. The fourth-order valence-corrected chi connectivity index (χ4v) is 0. The van der Waals surface area contributed by atoms with Crippen LogP contribution in [-0.4, -0.2) is 8.02 Å². The Kier molecular flexibility index (Phi) is 8.90. The summed E-state index contributed by atoms with van der Waals surface area (Å²) in [6.07, 6.45) is 0. The molecule has 0 fully saturated rings. The monoisotopic (exact) mass is 362 g/mol. The summed E-state index contributed by atoms with van der Waals surface area (Å²) in [7, 11) is 0. The van der Waals surface area contributed by atoms with Gasteiger partial charge in [0, 0.05) is 19.5 Å². The van der Waals surface area contributed by atoms with E-state index >= 15 is 0 Å². The van der Waals surface area contributed by atoms with Gasteiger partial charge in [-0.3, -0.25) is 0 Å². The summed E-state index contributed by atoms with van der Waals surface area (Å²) in [6, 6.07) is 0. The molecular weight excluding hydrogens is 365 g/mol. The summed E-state index contributed by atoms with van der Waals surface area (Å²) in [5.41, 5.74) is 0. The zero-order valence-corrected chi connectivity index (χ0v) is 11.9. The molecule has 0 heterocycles. The standard InChI is InChI=1S/C2H2Br3Cl.Zn/c3-2(4,5)1-6;/h1H2;. The van der Waals surface area contributed by atoms with Crippen molar-refractivity contribution in [3.8, 4) is 0 Å². The first kappa shape index (κ1) is 12.1. The van der Waals surface area contributed by atoms with E-state index < -0.39 is 0 Å². The van der Waals surface area contributed by atoms with Crippen LogP contribution in [0.4, 0.5) is 0 Å². The van der Waals surface area contributed by atoms with E-state index in [2.05, 4.69) is 47.8 Å². The normalized spacial score (nSPS) is 10.3. The van der Waals surface area contributed by atoms with Gasteiger partial charge in [-0.1, -0.05) is 47.8 Å². The van der Waals surface area contributed by atoms with Crippen molar-refractivity contribution in [1.29, 1.82) is 0 Å². The van der Waals surface area contributed by atoms with Gasteiger partial charge in [0.2, 0.25) is 0 Å². The van der Waals surface area contributed by atoms with Crippen LogP contribution in [0.2, 0.25) is 0 Å². The molecule has 0 nitrogen and oxygen atoms in total. The van der Waals surface area contributed by atoms with Crippen LogP contribution >= 0.6 is 59.4 Å². The van der Waals surface area contributed by atoms with E-state index in [1.165, 1.54) is 0 Å². The van der Waals surface area contributed by atoms with E-state index in [0.717, 1.165) is 0 Å². The number of alkyl halides is 4. The van der Waals surface area contributed by atoms with Gasteiger partial charge in [-0.2, -0.15) is 0 Å². The van der Waals surface area contributed by atoms with Gasteiger partial charge in [0.05, 0.1) is 5.88 Å². The van der Waals surface area contributed by atoms with Crippen LogP contribution in [0.3, 0.4) is 0 Å². The minimum Gasteiger partial charge on any atom is -0.123 e. The molecule has 0 saturated heterocycles. The van der Waals surface area contributed by atoms with Crippen LogP contribution in [0.5, 0.6) is 0 Å². The Balaban J connectivity index is 0. The quantitative estimate of drug-likeness (QED) is 0.457. The van der Waals surface area contributed by atoms with Gasteiger partial charge < -0.3 is 0 Å². The van der Waals surface area contributed by atoms with E-state index in [0.29, 0.717) is 5.88 Å². The number of halogens is 4. The van der Waals surface area contributed by atoms with E-state index in [9.17, 15) is 0 Å². The Morgan fingerprint density at radius 3 is 1.43 bits per heavy atom. The Hall–Kier alpha value is 2.35. The number of hydrogen-bond donors (Lipinski definition) is 0. The van der Waals surface area contributed by atoms with Crippen LogP contribution in [0.1, 0.15) is 0 Å². The molecule has 0 rings (SSSR count). The van der Waals surface area contributed by atoms with Gasteiger partial charge >= 0.3 is 0 Å². The molecule has 0 N–H and O–H groups in total. The molecule has 0 spiro atoms. The maximum atomic E-state index is 5.34. The molecule has 7 heavy (non-hydrogen) atoms. The number of rotatable bonds is 0. The summed E-state index contributed by atoms with van der Waals surface area (Å²) in [4.78, 5) is 0. The third kappa shape index (κ3) is 11.8. The van der Waals surface area contributed by atoms with Crippen molar-refractivity contribution in [2.24, 2.45) is 0 Å². The molecule has 0 saturated carbocycles. The predicted molar refractivity (Wildman–Crippen MR) is 40.2 cm³/mol. The van der Waals surface area contributed by atoms with Crippen LogP contribution in [0.25, 0.3) is 0 Å². The van der Waals surface area contributed by atoms with Crippen molar-refractivity contribution in [2.75, 3.05) is 5.88 Å². The van der Waals surface area contributed by atoms with Crippen LogP contribution < -0.4 is 0 Å². The average molecular weight is 367 g/mol. The van der Waals surface area contributed by atoms with Gasteiger partial charge in [-0.15, -0.1) is 11.6 Å². The van der Waals surface area contributed by atoms with Gasteiger partial charge in [-0.25, -0.2) is 0 Å². The third-order valence-corrected chi connectivity index (χ3v) is 2.36. The summed E-state index contributed by atoms with van der Waals surface area (Å²) in [5, 5.41) is 0. The summed E-state index contributed by atoms with van der Waals surface area (Å²) in [6.45, 7) is 0. The summed E-state index contributed by atoms with van der Waals surface area (Å²) < 4.78 is -0.255. The van der Waals surface area contributed by atoms with Crippen molar-refractivity contribution < 1.29 is 19.5 Å². The van der Waals surface area contributed by atoms with Gasteiger partial charge in [0.1, 0.15) is 2.14 Å². The zero-order chi connectivity index (χ0) is 5.21. The van der Waals surface area contributed by atoms with Crippen LogP contribution in [0.15, 0.2) is 0 Å². The Morgan fingerprint density at radius 2 is 1.43 bits per heavy atom. The molecule has 0 aliphatic carbocycles. The minimum atomic E-state index is -0.255. The van der Waals surface area contributed by atoms with E-state index in [4.69, 9.17) is 11.6 Å². The van der Waals surface area contributed by atoms with E-state index in [1.54, 1.807) is 0 Å². The second-order valence-corrected chi connectivity index (χ2v) is 8.27. The molecule has 5 heteroatoms. The molecule has 0 aromatic carbocycles. The second kappa shape index (κ2) is 5.16. The maximum Gasteiger partial charge on any atom is 0.148 e. The van der Waals surface area contributed by atoms with Gasteiger partial charge in [-0.05, 0) is 0 Å². The molecule has 0 aromatic rings. The first-order chi connectivity index (χ1) is 2.56.